The van der Waals surface area contributed by atoms with E-state index < -0.39 is 4.92 Å². The van der Waals surface area contributed by atoms with E-state index >= 15 is 0 Å². The van der Waals surface area contributed by atoms with E-state index in [-0.39, 0.29) is 23.7 Å². The fraction of sp³-hybridized carbons (Fsp3) is 0.235. The molecule has 0 atom stereocenters. The van der Waals surface area contributed by atoms with Crippen molar-refractivity contribution < 1.29 is 19.2 Å². The Kier molecular flexibility index (Phi) is 5.36. The van der Waals surface area contributed by atoms with Crippen molar-refractivity contribution in [3.8, 4) is 11.5 Å². The molecule has 0 radical (unpaired) electrons. The maximum atomic E-state index is 12.2. The van der Waals surface area contributed by atoms with Crippen LogP contribution >= 0.6 is 0 Å². The Morgan fingerprint density at radius 3 is 2.38 bits per heavy atom. The molecule has 126 valence electrons. The predicted octanol–water partition coefficient (Wildman–Crippen LogP) is 3.10. The van der Waals surface area contributed by atoms with Crippen LogP contribution in [-0.4, -0.2) is 25.1 Å². The van der Waals surface area contributed by atoms with E-state index in [4.69, 9.17) is 9.47 Å². The number of hydrogen-bond acceptors (Lipinski definition) is 5. The molecule has 0 unspecified atom stereocenters. The number of aryl methyl sites for hydroxylation is 1. The van der Waals surface area contributed by atoms with Crippen molar-refractivity contribution in [3.63, 3.8) is 0 Å². The van der Waals surface area contributed by atoms with Gasteiger partial charge in [-0.25, -0.2) is 0 Å². The van der Waals surface area contributed by atoms with Gasteiger partial charge in [0.25, 0.3) is 5.69 Å². The SMILES string of the molecule is COc1ccc(CC(=O)Nc2cc([N+](=O)[O-])ccc2OC)cc1C. The average Bonchev–Trinajstić information content (AvgIpc) is 2.54. The number of nitro groups is 1. The van der Waals surface area contributed by atoms with Crippen molar-refractivity contribution >= 4 is 17.3 Å². The topological polar surface area (TPSA) is 90.7 Å². The highest BCUT2D eigenvalue weighted by molar-refractivity contribution is 5.94. The summed E-state index contributed by atoms with van der Waals surface area (Å²) in [5.74, 6) is 0.817. The van der Waals surface area contributed by atoms with Gasteiger partial charge in [-0.3, -0.25) is 14.9 Å². The molecule has 2 aromatic rings. The normalized spacial score (nSPS) is 10.1. The first-order valence-electron chi connectivity index (χ1n) is 7.20. The Morgan fingerprint density at radius 2 is 1.79 bits per heavy atom. The summed E-state index contributed by atoms with van der Waals surface area (Å²) < 4.78 is 10.3. The number of rotatable bonds is 6. The maximum Gasteiger partial charge on any atom is 0.271 e. The van der Waals surface area contributed by atoms with Crippen LogP contribution < -0.4 is 14.8 Å². The van der Waals surface area contributed by atoms with E-state index in [0.717, 1.165) is 16.9 Å². The number of nitrogens with zero attached hydrogens (tertiary/aromatic N) is 1. The van der Waals surface area contributed by atoms with Crippen molar-refractivity contribution in [1.82, 2.24) is 0 Å². The molecule has 0 heterocycles. The number of hydrogen-bond donors (Lipinski definition) is 1. The van der Waals surface area contributed by atoms with Crippen LogP contribution in [-0.2, 0) is 11.2 Å². The number of nitrogens with one attached hydrogen (secondary N) is 1. The molecule has 0 saturated carbocycles. The molecule has 1 amide bonds. The highest BCUT2D eigenvalue weighted by atomic mass is 16.6. The number of benzene rings is 2. The number of nitro benzene ring substituents is 1. The first-order valence-corrected chi connectivity index (χ1v) is 7.20. The van der Waals surface area contributed by atoms with Gasteiger partial charge < -0.3 is 14.8 Å². The van der Waals surface area contributed by atoms with Crippen molar-refractivity contribution in [2.24, 2.45) is 0 Å². The van der Waals surface area contributed by atoms with E-state index in [1.54, 1.807) is 19.2 Å². The molecular formula is C17H18N2O5. The quantitative estimate of drug-likeness (QED) is 0.649. The number of amides is 1. The third-order valence-electron chi connectivity index (χ3n) is 3.49. The van der Waals surface area contributed by atoms with Crippen LogP contribution in [0.4, 0.5) is 11.4 Å². The van der Waals surface area contributed by atoms with Crippen molar-refractivity contribution in [3.05, 3.63) is 57.6 Å². The standard InChI is InChI=1S/C17H18N2O5/c1-11-8-12(4-6-15(11)23-2)9-17(20)18-14-10-13(19(21)22)5-7-16(14)24-3/h4-8,10H,9H2,1-3H3,(H,18,20). The zero-order chi connectivity index (χ0) is 17.7. The van der Waals surface area contributed by atoms with E-state index in [9.17, 15) is 14.9 Å². The smallest absolute Gasteiger partial charge is 0.271 e. The minimum absolute atomic E-state index is 0.119. The summed E-state index contributed by atoms with van der Waals surface area (Å²) in [5, 5.41) is 13.5. The lowest BCUT2D eigenvalue weighted by molar-refractivity contribution is -0.384. The Labute approximate surface area is 139 Å². The molecule has 0 fully saturated rings. The number of methoxy groups -OCH3 is 2. The number of non-ortho nitro benzene ring substituents is 1. The van der Waals surface area contributed by atoms with Crippen LogP contribution in [0.5, 0.6) is 11.5 Å². The third kappa shape index (κ3) is 4.01. The minimum atomic E-state index is -0.526. The van der Waals surface area contributed by atoms with E-state index in [2.05, 4.69) is 5.32 Å². The van der Waals surface area contributed by atoms with E-state index in [1.807, 2.05) is 13.0 Å². The number of anilines is 1. The molecule has 0 bridgehead atoms. The minimum Gasteiger partial charge on any atom is -0.496 e. The Bertz CT molecular complexity index is 774. The Morgan fingerprint density at radius 1 is 1.12 bits per heavy atom. The number of ether oxygens (including phenoxy) is 2. The first-order chi connectivity index (χ1) is 11.4. The lowest BCUT2D eigenvalue weighted by Crippen LogP contribution is -2.15. The molecule has 7 heteroatoms. The van der Waals surface area contributed by atoms with Gasteiger partial charge in [0.05, 0.1) is 31.3 Å². The van der Waals surface area contributed by atoms with Crippen LogP contribution in [0, 0.1) is 17.0 Å². The van der Waals surface area contributed by atoms with Gasteiger partial charge in [0, 0.05) is 12.1 Å². The molecule has 0 aliphatic carbocycles. The molecule has 7 nitrogen and oxygen atoms in total. The Balaban J connectivity index is 2.16. The highest BCUT2D eigenvalue weighted by Gasteiger charge is 2.14. The summed E-state index contributed by atoms with van der Waals surface area (Å²) in [6.45, 7) is 1.89. The van der Waals surface area contributed by atoms with Crippen molar-refractivity contribution in [2.45, 2.75) is 13.3 Å². The van der Waals surface area contributed by atoms with Gasteiger partial charge in [0.15, 0.2) is 0 Å². The largest absolute Gasteiger partial charge is 0.496 e. The van der Waals surface area contributed by atoms with Gasteiger partial charge in [-0.05, 0) is 30.2 Å². The van der Waals surface area contributed by atoms with E-state index in [0.29, 0.717) is 5.75 Å². The Hall–Kier alpha value is -3.09. The molecule has 0 aliphatic rings. The summed E-state index contributed by atoms with van der Waals surface area (Å²) in [6.07, 6.45) is 0.136. The van der Waals surface area contributed by atoms with Crippen LogP contribution in [0.15, 0.2) is 36.4 Å². The second-order valence-corrected chi connectivity index (χ2v) is 5.17. The summed E-state index contributed by atoms with van der Waals surface area (Å²) in [6, 6.07) is 9.51. The van der Waals surface area contributed by atoms with Crippen molar-refractivity contribution in [2.75, 3.05) is 19.5 Å². The monoisotopic (exact) mass is 330 g/mol. The fourth-order valence-electron chi connectivity index (χ4n) is 2.34. The lowest BCUT2D eigenvalue weighted by Gasteiger charge is -2.11. The van der Waals surface area contributed by atoms with Gasteiger partial charge in [0.1, 0.15) is 11.5 Å². The lowest BCUT2D eigenvalue weighted by atomic mass is 10.1. The van der Waals surface area contributed by atoms with Crippen LogP contribution in [0.1, 0.15) is 11.1 Å². The molecule has 0 spiro atoms. The first kappa shape index (κ1) is 17.3. The molecule has 1 N–H and O–H groups in total. The van der Waals surface area contributed by atoms with E-state index in [1.165, 1.54) is 25.3 Å². The van der Waals surface area contributed by atoms with Crippen molar-refractivity contribution in [1.29, 1.82) is 0 Å². The number of carbonyl (C=O) groups excluding carboxylic acids is 1. The van der Waals surface area contributed by atoms with Gasteiger partial charge in [0.2, 0.25) is 5.91 Å². The number of carbonyl (C=O) groups is 1. The fourth-order valence-corrected chi connectivity index (χ4v) is 2.34. The maximum absolute atomic E-state index is 12.2. The zero-order valence-electron chi connectivity index (χ0n) is 13.7. The van der Waals surface area contributed by atoms with Gasteiger partial charge in [-0.2, -0.15) is 0 Å². The molecule has 0 saturated heterocycles. The van der Waals surface area contributed by atoms with Gasteiger partial charge in [-0.15, -0.1) is 0 Å². The molecule has 24 heavy (non-hydrogen) atoms. The zero-order valence-corrected chi connectivity index (χ0v) is 13.7. The summed E-state index contributed by atoms with van der Waals surface area (Å²) in [4.78, 5) is 22.6. The predicted molar refractivity (Wildman–Crippen MR) is 89.7 cm³/mol. The summed E-state index contributed by atoms with van der Waals surface area (Å²) in [5.41, 5.74) is 1.89. The second kappa shape index (κ2) is 7.45. The summed E-state index contributed by atoms with van der Waals surface area (Å²) in [7, 11) is 3.02. The van der Waals surface area contributed by atoms with Gasteiger partial charge in [-0.1, -0.05) is 12.1 Å². The molecule has 0 aromatic heterocycles. The molecule has 2 rings (SSSR count). The summed E-state index contributed by atoms with van der Waals surface area (Å²) >= 11 is 0. The van der Waals surface area contributed by atoms with Crippen LogP contribution in [0.2, 0.25) is 0 Å². The second-order valence-electron chi connectivity index (χ2n) is 5.17. The molecule has 0 aliphatic heterocycles. The highest BCUT2D eigenvalue weighted by Crippen LogP contribution is 2.29. The van der Waals surface area contributed by atoms with Crippen LogP contribution in [0.25, 0.3) is 0 Å². The molecule has 2 aromatic carbocycles. The van der Waals surface area contributed by atoms with Crippen LogP contribution in [0.3, 0.4) is 0 Å². The third-order valence-corrected chi connectivity index (χ3v) is 3.49. The average molecular weight is 330 g/mol. The van der Waals surface area contributed by atoms with Gasteiger partial charge >= 0.3 is 0 Å². The molecular weight excluding hydrogens is 312 g/mol.